The fourth-order valence-corrected chi connectivity index (χ4v) is 8.16. The molecule has 13 heteroatoms. The van der Waals surface area contributed by atoms with Gasteiger partial charge in [0.2, 0.25) is 11.8 Å². The largest absolute Gasteiger partial charge is 0.355 e. The van der Waals surface area contributed by atoms with Crippen LogP contribution in [-0.4, -0.2) is 104 Å². The maximum Gasteiger partial charge on any atom is 0.266 e. The molecule has 9 nitrogen and oxygen atoms in total. The van der Waals surface area contributed by atoms with Crippen LogP contribution in [0.4, 0.5) is 0 Å². The Bertz CT molecular complexity index is 1580. The molecular weight excluding hydrogens is 683 g/mol. The second-order valence-corrected chi connectivity index (χ2v) is 15.0. The number of amides is 4. The van der Waals surface area contributed by atoms with Gasteiger partial charge in [0, 0.05) is 65.2 Å². The zero-order chi connectivity index (χ0) is 33.9. The summed E-state index contributed by atoms with van der Waals surface area (Å²) in [6.07, 6.45) is 6.80. The molecule has 2 aromatic carbocycles. The lowest BCUT2D eigenvalue weighted by Gasteiger charge is -2.34. The van der Waals surface area contributed by atoms with E-state index in [0.717, 1.165) is 43.5 Å². The molecule has 3 aliphatic rings. The van der Waals surface area contributed by atoms with Gasteiger partial charge in [0.1, 0.15) is 8.64 Å². The number of nitrogens with zero attached hydrogens (tertiary/aromatic N) is 4. The van der Waals surface area contributed by atoms with Crippen LogP contribution in [0.5, 0.6) is 0 Å². The lowest BCUT2D eigenvalue weighted by atomic mass is 10.1. The molecule has 4 amide bonds. The van der Waals surface area contributed by atoms with E-state index in [2.05, 4.69) is 10.2 Å². The summed E-state index contributed by atoms with van der Waals surface area (Å²) < 4.78 is 1.06. The average Bonchev–Trinajstić information content (AvgIpc) is 3.51. The number of hydrogen-bond donors (Lipinski definition) is 1. The van der Waals surface area contributed by atoms with Gasteiger partial charge in [0.25, 0.3) is 11.8 Å². The summed E-state index contributed by atoms with van der Waals surface area (Å²) >= 11 is 13.4. The highest BCUT2D eigenvalue weighted by Crippen LogP contribution is 2.33. The van der Waals surface area contributed by atoms with Crippen LogP contribution in [0.1, 0.15) is 43.2 Å². The summed E-state index contributed by atoms with van der Waals surface area (Å²) in [5, 5.41) is 2.95. The molecule has 3 saturated heterocycles. The zero-order valence-corrected chi connectivity index (χ0v) is 29.9. The molecule has 0 radical (unpaired) electrons. The number of nitrogens with one attached hydrogen (secondary N) is 1. The van der Waals surface area contributed by atoms with Crippen LogP contribution in [0.3, 0.4) is 0 Å². The Morgan fingerprint density at radius 3 is 1.79 bits per heavy atom. The molecule has 0 saturated carbocycles. The van der Waals surface area contributed by atoms with Crippen LogP contribution in [0.15, 0.2) is 70.5 Å². The summed E-state index contributed by atoms with van der Waals surface area (Å²) in [4.78, 5) is 59.5. The number of carbonyl (C=O) groups excluding carboxylic acids is 4. The third-order valence-electron chi connectivity index (χ3n) is 8.25. The number of carbonyl (C=O) groups is 4. The van der Waals surface area contributed by atoms with Gasteiger partial charge in [-0.2, -0.15) is 0 Å². The second kappa shape index (κ2) is 17.9. The average molecular weight is 722 g/mol. The maximum atomic E-state index is 12.8. The first-order chi connectivity index (χ1) is 23.3. The molecule has 0 aromatic heterocycles. The molecule has 5 rings (SSSR count). The Morgan fingerprint density at radius 2 is 1.23 bits per heavy atom. The van der Waals surface area contributed by atoms with Crippen molar-refractivity contribution in [3.05, 3.63) is 81.6 Å². The molecule has 2 aromatic rings. The summed E-state index contributed by atoms with van der Waals surface area (Å²) in [7, 11) is 0. The van der Waals surface area contributed by atoms with Gasteiger partial charge in [-0.15, -0.1) is 0 Å². The van der Waals surface area contributed by atoms with Crippen molar-refractivity contribution < 1.29 is 19.2 Å². The monoisotopic (exact) mass is 721 g/mol. The number of rotatable bonds is 14. The SMILES string of the molecule is O=C(CCN1C(=O)C(=Cc2ccccc2)SC1=S)NCCN1CCN(C(=O)CCCCCN2C(=O)C(=Cc3ccccc3)SC2=S)CC1. The lowest BCUT2D eigenvalue weighted by Crippen LogP contribution is -2.50. The summed E-state index contributed by atoms with van der Waals surface area (Å²) in [6, 6.07) is 19.4. The van der Waals surface area contributed by atoms with Crippen molar-refractivity contribution >= 4 is 92.4 Å². The Labute approximate surface area is 301 Å². The molecule has 0 atom stereocenters. The Morgan fingerprint density at radius 1 is 0.688 bits per heavy atom. The fourth-order valence-electron chi connectivity index (χ4n) is 5.54. The molecule has 1 N–H and O–H groups in total. The van der Waals surface area contributed by atoms with Crippen LogP contribution in [0, 0.1) is 0 Å². The van der Waals surface area contributed by atoms with Crippen molar-refractivity contribution in [3.8, 4) is 0 Å². The molecule has 48 heavy (non-hydrogen) atoms. The van der Waals surface area contributed by atoms with Crippen molar-refractivity contribution in [1.29, 1.82) is 0 Å². The van der Waals surface area contributed by atoms with E-state index in [0.29, 0.717) is 57.6 Å². The quantitative estimate of drug-likeness (QED) is 0.165. The van der Waals surface area contributed by atoms with E-state index in [9.17, 15) is 19.2 Å². The van der Waals surface area contributed by atoms with E-state index in [-0.39, 0.29) is 36.6 Å². The van der Waals surface area contributed by atoms with E-state index in [4.69, 9.17) is 24.4 Å². The fraction of sp³-hybridized carbons (Fsp3) is 0.371. The first kappa shape index (κ1) is 35.9. The third kappa shape index (κ3) is 10.1. The number of unbranched alkanes of at least 4 members (excludes halogenated alkanes) is 2. The van der Waals surface area contributed by atoms with Crippen molar-refractivity contribution in [3.63, 3.8) is 0 Å². The van der Waals surface area contributed by atoms with Gasteiger partial charge in [-0.3, -0.25) is 33.9 Å². The van der Waals surface area contributed by atoms with E-state index in [1.165, 1.54) is 28.4 Å². The molecule has 0 bridgehead atoms. The van der Waals surface area contributed by atoms with Crippen LogP contribution >= 0.6 is 48.0 Å². The minimum atomic E-state index is -0.164. The van der Waals surface area contributed by atoms with Crippen molar-refractivity contribution in [2.75, 3.05) is 52.4 Å². The van der Waals surface area contributed by atoms with Crippen LogP contribution in [-0.2, 0) is 19.2 Å². The number of thioether (sulfide) groups is 2. The Hall–Kier alpha value is -3.36. The highest BCUT2D eigenvalue weighted by atomic mass is 32.2. The normalized spacial score (nSPS) is 18.9. The van der Waals surface area contributed by atoms with Crippen molar-refractivity contribution in [2.24, 2.45) is 0 Å². The Balaban J connectivity index is 0.914. The molecular formula is C35H39N5O4S4. The van der Waals surface area contributed by atoms with Crippen LogP contribution < -0.4 is 5.32 Å². The highest BCUT2D eigenvalue weighted by Gasteiger charge is 2.33. The molecule has 252 valence electrons. The Kier molecular flexibility index (Phi) is 13.4. The number of piperazine rings is 1. The predicted octanol–water partition coefficient (Wildman–Crippen LogP) is 5.00. The summed E-state index contributed by atoms with van der Waals surface area (Å²) in [5.41, 5.74) is 1.91. The van der Waals surface area contributed by atoms with Gasteiger partial charge in [0.15, 0.2) is 0 Å². The van der Waals surface area contributed by atoms with Gasteiger partial charge in [0.05, 0.1) is 9.81 Å². The van der Waals surface area contributed by atoms with Gasteiger partial charge < -0.3 is 10.2 Å². The standard InChI is InChI=1S/C35H39N5O4S4/c41-30(15-18-40-33(44)29(48-35(40)46)25-27-12-6-2-7-13-27)36-16-19-37-20-22-38(23-21-37)31(42)14-8-3-9-17-39-32(43)28(47-34(39)45)24-26-10-4-1-5-11-26/h1-2,4-7,10-13,24-25H,3,8-9,14-23H2,(H,36,41). The molecule has 3 heterocycles. The van der Waals surface area contributed by atoms with Crippen LogP contribution in [0.2, 0.25) is 0 Å². The van der Waals surface area contributed by atoms with Gasteiger partial charge in [-0.05, 0) is 36.1 Å². The minimum absolute atomic E-state index is 0.0457. The second-order valence-electron chi connectivity index (χ2n) is 11.6. The highest BCUT2D eigenvalue weighted by molar-refractivity contribution is 8.27. The first-order valence-corrected chi connectivity index (χ1v) is 18.6. The van der Waals surface area contributed by atoms with Crippen molar-refractivity contribution in [1.82, 2.24) is 24.9 Å². The smallest absolute Gasteiger partial charge is 0.266 e. The van der Waals surface area contributed by atoms with E-state index in [1.807, 2.05) is 77.7 Å². The van der Waals surface area contributed by atoms with Gasteiger partial charge in [-0.1, -0.05) is 115 Å². The summed E-state index contributed by atoms with van der Waals surface area (Å²) in [5.74, 6) is -0.171. The van der Waals surface area contributed by atoms with E-state index in [1.54, 1.807) is 4.90 Å². The lowest BCUT2D eigenvalue weighted by molar-refractivity contribution is -0.133. The van der Waals surface area contributed by atoms with Crippen molar-refractivity contribution in [2.45, 2.75) is 32.1 Å². The van der Waals surface area contributed by atoms with E-state index < -0.39 is 0 Å². The molecule has 3 aliphatic heterocycles. The van der Waals surface area contributed by atoms with E-state index >= 15 is 0 Å². The number of benzene rings is 2. The first-order valence-electron chi connectivity index (χ1n) is 16.2. The third-order valence-corrected chi connectivity index (χ3v) is 11.0. The molecule has 0 aliphatic carbocycles. The number of hydrogen-bond acceptors (Lipinski definition) is 9. The topological polar surface area (TPSA) is 93.3 Å². The maximum absolute atomic E-state index is 12.8. The van der Waals surface area contributed by atoms with Crippen LogP contribution in [0.25, 0.3) is 12.2 Å². The van der Waals surface area contributed by atoms with Gasteiger partial charge >= 0.3 is 0 Å². The zero-order valence-electron chi connectivity index (χ0n) is 26.7. The molecule has 3 fully saturated rings. The molecule has 0 spiro atoms. The predicted molar refractivity (Wildman–Crippen MR) is 202 cm³/mol. The summed E-state index contributed by atoms with van der Waals surface area (Å²) in [6.45, 7) is 4.88. The molecule has 0 unspecified atom stereocenters. The number of thiocarbonyl (C=S) groups is 2. The van der Waals surface area contributed by atoms with Gasteiger partial charge in [-0.25, -0.2) is 0 Å². The minimum Gasteiger partial charge on any atom is -0.355 e.